The van der Waals surface area contributed by atoms with Crippen molar-refractivity contribution in [2.75, 3.05) is 18.8 Å². The minimum Gasteiger partial charge on any atom is -0.397 e. The molecule has 0 aliphatic carbocycles. The Morgan fingerprint density at radius 2 is 2.05 bits per heavy atom. The van der Waals surface area contributed by atoms with Crippen LogP contribution in [0.15, 0.2) is 12.1 Å². The van der Waals surface area contributed by atoms with Crippen molar-refractivity contribution >= 4 is 34.8 Å². The van der Waals surface area contributed by atoms with Gasteiger partial charge in [-0.05, 0) is 6.92 Å². The molecule has 4 N–H and O–H groups in total. The van der Waals surface area contributed by atoms with Crippen LogP contribution >= 0.6 is 11.6 Å². The van der Waals surface area contributed by atoms with E-state index in [1.54, 1.807) is 6.92 Å². The van der Waals surface area contributed by atoms with Gasteiger partial charge in [0, 0.05) is 18.7 Å². The van der Waals surface area contributed by atoms with Crippen LogP contribution in [-0.4, -0.2) is 29.8 Å². The molecule has 1 aromatic carbocycles. The summed E-state index contributed by atoms with van der Waals surface area (Å²) in [4.78, 5) is 33.1. The van der Waals surface area contributed by atoms with Crippen LogP contribution in [0.3, 0.4) is 0 Å². The lowest BCUT2D eigenvalue weighted by atomic mass is 10.1. The van der Waals surface area contributed by atoms with E-state index in [2.05, 4.69) is 10.6 Å². The van der Waals surface area contributed by atoms with Gasteiger partial charge in [0.25, 0.3) is 11.6 Å². The molecule has 0 atom stereocenters. The number of nitro groups is 1. The summed E-state index contributed by atoms with van der Waals surface area (Å²) >= 11 is 5.73. The number of anilines is 1. The fraction of sp³-hybridized carbons (Fsp3) is 0.273. The van der Waals surface area contributed by atoms with E-state index in [0.717, 1.165) is 12.1 Å². The highest BCUT2D eigenvalue weighted by Crippen LogP contribution is 2.28. The van der Waals surface area contributed by atoms with Crippen molar-refractivity contribution in [3.8, 4) is 0 Å². The fourth-order valence-corrected chi connectivity index (χ4v) is 1.63. The van der Waals surface area contributed by atoms with Gasteiger partial charge in [-0.3, -0.25) is 19.7 Å². The van der Waals surface area contributed by atoms with Crippen molar-refractivity contribution < 1.29 is 14.5 Å². The predicted molar refractivity (Wildman–Crippen MR) is 73.5 cm³/mol. The Morgan fingerprint density at radius 1 is 1.40 bits per heavy atom. The predicted octanol–water partition coefficient (Wildman–Crippen LogP) is 0.696. The smallest absolute Gasteiger partial charge is 0.271 e. The molecule has 8 nitrogen and oxygen atoms in total. The van der Waals surface area contributed by atoms with Crippen molar-refractivity contribution in [3.63, 3.8) is 0 Å². The lowest BCUT2D eigenvalue weighted by molar-refractivity contribution is -0.384. The first-order valence-corrected chi connectivity index (χ1v) is 6.03. The van der Waals surface area contributed by atoms with E-state index in [-0.39, 0.29) is 34.4 Å². The summed E-state index contributed by atoms with van der Waals surface area (Å²) in [5.41, 5.74) is 5.02. The van der Waals surface area contributed by atoms with Crippen LogP contribution in [-0.2, 0) is 4.79 Å². The van der Waals surface area contributed by atoms with E-state index < -0.39 is 10.8 Å². The van der Waals surface area contributed by atoms with E-state index in [0.29, 0.717) is 6.54 Å². The number of nitrogens with two attached hydrogens (primary N) is 1. The number of halogens is 1. The number of benzene rings is 1. The van der Waals surface area contributed by atoms with Crippen molar-refractivity contribution in [2.45, 2.75) is 6.92 Å². The lowest BCUT2D eigenvalue weighted by Crippen LogP contribution is -2.37. The zero-order valence-electron chi connectivity index (χ0n) is 10.6. The molecule has 0 aliphatic heterocycles. The Labute approximate surface area is 119 Å². The first kappa shape index (κ1) is 15.7. The molecule has 0 bridgehead atoms. The van der Waals surface area contributed by atoms with Crippen molar-refractivity contribution in [1.82, 2.24) is 10.6 Å². The molecule has 2 amide bonds. The van der Waals surface area contributed by atoms with Gasteiger partial charge >= 0.3 is 0 Å². The van der Waals surface area contributed by atoms with Gasteiger partial charge in [-0.15, -0.1) is 0 Å². The highest BCUT2D eigenvalue weighted by molar-refractivity contribution is 6.34. The monoisotopic (exact) mass is 300 g/mol. The van der Waals surface area contributed by atoms with Gasteiger partial charge in [0.2, 0.25) is 5.91 Å². The summed E-state index contributed by atoms with van der Waals surface area (Å²) in [6.07, 6.45) is 0. The maximum absolute atomic E-state index is 11.8. The van der Waals surface area contributed by atoms with Crippen LogP contribution in [0.4, 0.5) is 11.4 Å². The number of rotatable bonds is 5. The third kappa shape index (κ3) is 3.82. The van der Waals surface area contributed by atoms with Gasteiger partial charge in [0.05, 0.1) is 27.7 Å². The summed E-state index contributed by atoms with van der Waals surface area (Å²) in [6.45, 7) is 1.91. The molecule has 0 unspecified atom stereocenters. The average molecular weight is 301 g/mol. The minimum absolute atomic E-state index is 0.0781. The second-order valence-electron chi connectivity index (χ2n) is 3.78. The van der Waals surface area contributed by atoms with Crippen LogP contribution in [0.2, 0.25) is 5.02 Å². The summed E-state index contributed by atoms with van der Waals surface area (Å²) in [5.74, 6) is -1.09. The van der Waals surface area contributed by atoms with E-state index in [9.17, 15) is 19.7 Å². The molecule has 0 spiro atoms. The number of nitrogens with one attached hydrogen (secondary N) is 2. The van der Waals surface area contributed by atoms with E-state index in [1.807, 2.05) is 0 Å². The third-order valence-corrected chi connectivity index (χ3v) is 2.67. The maximum atomic E-state index is 11.8. The van der Waals surface area contributed by atoms with Crippen LogP contribution in [0.1, 0.15) is 17.3 Å². The number of nitrogen functional groups attached to an aromatic ring is 1. The van der Waals surface area contributed by atoms with Crippen LogP contribution in [0, 0.1) is 10.1 Å². The number of carbonyl (C=O) groups is 2. The summed E-state index contributed by atoms with van der Waals surface area (Å²) in [5, 5.41) is 15.4. The molecule has 0 saturated carbocycles. The second-order valence-corrected chi connectivity index (χ2v) is 4.19. The Morgan fingerprint density at radius 3 is 2.60 bits per heavy atom. The Hall–Kier alpha value is -2.35. The standard InChI is InChI=1S/C11H13ClN4O4/c1-2-14-9(17)5-15-11(18)7-3-6(16(19)20)4-8(12)10(7)13/h3-4H,2,5,13H2,1H3,(H,14,17)(H,15,18). The van der Waals surface area contributed by atoms with Crippen molar-refractivity contribution in [2.24, 2.45) is 0 Å². The number of nitro benzene ring substituents is 1. The Kier molecular flexibility index (Phi) is 5.27. The highest BCUT2D eigenvalue weighted by Gasteiger charge is 2.19. The molecule has 0 saturated heterocycles. The van der Waals surface area contributed by atoms with Gasteiger partial charge in [-0.1, -0.05) is 11.6 Å². The van der Waals surface area contributed by atoms with E-state index in [4.69, 9.17) is 17.3 Å². The Balaban J connectivity index is 2.92. The molecule has 1 rings (SSSR count). The first-order chi connectivity index (χ1) is 9.36. The largest absolute Gasteiger partial charge is 0.397 e. The molecular formula is C11H13ClN4O4. The zero-order chi connectivity index (χ0) is 15.3. The number of non-ortho nitro benzene ring substituents is 1. The Bertz CT molecular complexity index is 562. The lowest BCUT2D eigenvalue weighted by Gasteiger charge is -2.08. The van der Waals surface area contributed by atoms with Gasteiger partial charge in [0.1, 0.15) is 0 Å². The summed E-state index contributed by atoms with van der Waals surface area (Å²) < 4.78 is 0. The molecule has 0 radical (unpaired) electrons. The van der Waals surface area contributed by atoms with Crippen LogP contribution < -0.4 is 16.4 Å². The molecular weight excluding hydrogens is 288 g/mol. The number of carbonyl (C=O) groups excluding carboxylic acids is 2. The molecule has 0 fully saturated rings. The normalized spacial score (nSPS) is 9.90. The molecule has 1 aromatic rings. The molecule has 0 aromatic heterocycles. The first-order valence-electron chi connectivity index (χ1n) is 5.65. The number of hydrogen-bond acceptors (Lipinski definition) is 5. The molecule has 0 aliphatic rings. The van der Waals surface area contributed by atoms with Crippen LogP contribution in [0.25, 0.3) is 0 Å². The van der Waals surface area contributed by atoms with E-state index >= 15 is 0 Å². The fourth-order valence-electron chi connectivity index (χ4n) is 1.41. The minimum atomic E-state index is -0.709. The zero-order valence-corrected chi connectivity index (χ0v) is 11.4. The van der Waals surface area contributed by atoms with Gasteiger partial charge in [0.15, 0.2) is 0 Å². The van der Waals surface area contributed by atoms with Crippen LogP contribution in [0.5, 0.6) is 0 Å². The number of likely N-dealkylation sites (N-methyl/N-ethyl adjacent to an activating group) is 1. The maximum Gasteiger partial charge on any atom is 0.271 e. The van der Waals surface area contributed by atoms with Gasteiger partial charge < -0.3 is 16.4 Å². The van der Waals surface area contributed by atoms with Gasteiger partial charge in [-0.2, -0.15) is 0 Å². The average Bonchev–Trinajstić information content (AvgIpc) is 2.39. The quantitative estimate of drug-likeness (QED) is 0.419. The topological polar surface area (TPSA) is 127 Å². The van der Waals surface area contributed by atoms with Crippen molar-refractivity contribution in [1.29, 1.82) is 0 Å². The third-order valence-electron chi connectivity index (χ3n) is 2.35. The number of amides is 2. The van der Waals surface area contributed by atoms with E-state index in [1.165, 1.54) is 0 Å². The van der Waals surface area contributed by atoms with Crippen molar-refractivity contribution in [3.05, 3.63) is 32.8 Å². The highest BCUT2D eigenvalue weighted by atomic mass is 35.5. The summed E-state index contributed by atoms with van der Waals surface area (Å²) in [6, 6.07) is 2.06. The number of nitrogens with zero attached hydrogens (tertiary/aromatic N) is 1. The van der Waals surface area contributed by atoms with Gasteiger partial charge in [-0.25, -0.2) is 0 Å². The SMILES string of the molecule is CCNC(=O)CNC(=O)c1cc([N+](=O)[O-])cc(Cl)c1N. The molecule has 9 heteroatoms. The molecule has 108 valence electrons. The molecule has 20 heavy (non-hydrogen) atoms. The molecule has 0 heterocycles. The second kappa shape index (κ2) is 6.71. The summed E-state index contributed by atoms with van der Waals surface area (Å²) in [7, 11) is 0. The number of hydrogen-bond donors (Lipinski definition) is 3.